The molecule has 0 bridgehead atoms. The first kappa shape index (κ1) is 24.0. The summed E-state index contributed by atoms with van der Waals surface area (Å²) in [4.78, 5) is 23.6. The van der Waals surface area contributed by atoms with Crippen LogP contribution in [0, 0.1) is 17.6 Å². The highest BCUT2D eigenvalue weighted by molar-refractivity contribution is 5.78. The molecule has 0 heterocycles. The van der Waals surface area contributed by atoms with Gasteiger partial charge in [0.05, 0.1) is 12.1 Å². The molecule has 0 spiro atoms. The van der Waals surface area contributed by atoms with Gasteiger partial charge in [-0.2, -0.15) is 0 Å². The Morgan fingerprint density at radius 2 is 1.75 bits per heavy atom. The van der Waals surface area contributed by atoms with Gasteiger partial charge in [-0.3, -0.25) is 9.59 Å². The van der Waals surface area contributed by atoms with Crippen molar-refractivity contribution in [2.75, 3.05) is 6.61 Å². The van der Waals surface area contributed by atoms with Crippen molar-refractivity contribution in [3.63, 3.8) is 0 Å². The summed E-state index contributed by atoms with van der Waals surface area (Å²) in [5, 5.41) is 25.3. The largest absolute Gasteiger partial charge is 0.396 e. The number of benzene rings is 1. The molecule has 0 aromatic heterocycles. The monoisotopic (exact) mass is 400 g/mol. The van der Waals surface area contributed by atoms with Crippen LogP contribution < -0.4 is 10.6 Å². The summed E-state index contributed by atoms with van der Waals surface area (Å²) < 4.78 is 26.9. The Balaban J connectivity index is 2.89. The minimum atomic E-state index is -1.09. The molecule has 0 aliphatic heterocycles. The van der Waals surface area contributed by atoms with Gasteiger partial charge in [0.25, 0.3) is 0 Å². The molecular formula is C20H30F2N2O4. The quantitative estimate of drug-likeness (QED) is 0.454. The Morgan fingerprint density at radius 3 is 2.25 bits per heavy atom. The van der Waals surface area contributed by atoms with E-state index in [9.17, 15) is 28.6 Å². The minimum absolute atomic E-state index is 0.0145. The number of carbonyl (C=O) groups is 2. The maximum atomic E-state index is 13.4. The topological polar surface area (TPSA) is 98.7 Å². The highest BCUT2D eigenvalue weighted by Gasteiger charge is 2.26. The van der Waals surface area contributed by atoms with Gasteiger partial charge in [-0.1, -0.05) is 13.8 Å². The molecule has 6 nitrogen and oxygen atoms in total. The van der Waals surface area contributed by atoms with Crippen LogP contribution in [0.25, 0.3) is 0 Å². The van der Waals surface area contributed by atoms with E-state index in [0.29, 0.717) is 6.42 Å². The van der Waals surface area contributed by atoms with Crippen molar-refractivity contribution in [2.45, 2.75) is 64.6 Å². The van der Waals surface area contributed by atoms with Gasteiger partial charge in [-0.05, 0) is 43.4 Å². The smallest absolute Gasteiger partial charge is 0.223 e. The molecule has 0 saturated carbocycles. The molecule has 2 amide bonds. The van der Waals surface area contributed by atoms with Crippen LogP contribution in [0.15, 0.2) is 18.2 Å². The molecule has 0 radical (unpaired) electrons. The van der Waals surface area contributed by atoms with Crippen LogP contribution in [-0.4, -0.2) is 46.8 Å². The lowest BCUT2D eigenvalue weighted by molar-refractivity contribution is -0.126. The normalized spacial score (nSPS) is 15.4. The van der Waals surface area contributed by atoms with Gasteiger partial charge in [-0.25, -0.2) is 8.78 Å². The maximum Gasteiger partial charge on any atom is 0.223 e. The molecule has 4 N–H and O–H groups in total. The summed E-state index contributed by atoms with van der Waals surface area (Å²) in [6, 6.07) is 1.72. The number of halogens is 2. The predicted molar refractivity (Wildman–Crippen MR) is 101 cm³/mol. The van der Waals surface area contributed by atoms with Gasteiger partial charge < -0.3 is 20.8 Å². The Hall–Kier alpha value is -2.06. The van der Waals surface area contributed by atoms with E-state index in [1.165, 1.54) is 6.92 Å². The van der Waals surface area contributed by atoms with Crippen molar-refractivity contribution in [3.05, 3.63) is 35.4 Å². The van der Waals surface area contributed by atoms with Gasteiger partial charge in [0.15, 0.2) is 0 Å². The van der Waals surface area contributed by atoms with Crippen LogP contribution in [-0.2, 0) is 16.0 Å². The third-order valence-electron chi connectivity index (χ3n) is 4.64. The van der Waals surface area contributed by atoms with Crippen molar-refractivity contribution < 1.29 is 28.6 Å². The second-order valence-electron chi connectivity index (χ2n) is 7.12. The Labute approximate surface area is 164 Å². The fourth-order valence-electron chi connectivity index (χ4n) is 2.92. The van der Waals surface area contributed by atoms with Gasteiger partial charge in [0.1, 0.15) is 11.6 Å². The summed E-state index contributed by atoms with van der Waals surface area (Å²) >= 11 is 0. The molecule has 1 aromatic rings. The van der Waals surface area contributed by atoms with Gasteiger partial charge in [0, 0.05) is 31.6 Å². The molecule has 28 heavy (non-hydrogen) atoms. The van der Waals surface area contributed by atoms with Crippen molar-refractivity contribution in [2.24, 2.45) is 5.92 Å². The second-order valence-corrected chi connectivity index (χ2v) is 7.12. The predicted octanol–water partition coefficient (Wildman–Crippen LogP) is 1.68. The highest BCUT2D eigenvalue weighted by Crippen LogP contribution is 2.15. The number of hydrogen-bond acceptors (Lipinski definition) is 4. The average Bonchev–Trinajstić information content (AvgIpc) is 2.59. The molecule has 0 aliphatic carbocycles. The number of amides is 2. The lowest BCUT2D eigenvalue weighted by Crippen LogP contribution is -2.48. The molecule has 158 valence electrons. The first-order valence-electron chi connectivity index (χ1n) is 9.47. The fraction of sp³-hybridized carbons (Fsp3) is 0.600. The van der Waals surface area contributed by atoms with Crippen LogP contribution in [0.2, 0.25) is 0 Å². The highest BCUT2D eigenvalue weighted by atomic mass is 19.1. The lowest BCUT2D eigenvalue weighted by Gasteiger charge is -2.28. The standard InChI is InChI=1S/C20H30F2N2O4/c1-4-12(2)20(28)24-17(5-6-25)11-19(27)18(23-13(3)26)9-14-7-15(21)10-16(22)8-14/h7-8,10,12,17-19,25,27H,4-6,9,11H2,1-3H3,(H,23,26)(H,24,28)/t12?,17?,18-,19-/m0/s1. The fourth-order valence-corrected chi connectivity index (χ4v) is 2.92. The van der Waals surface area contributed by atoms with E-state index in [1.54, 1.807) is 6.92 Å². The van der Waals surface area contributed by atoms with E-state index in [1.807, 2.05) is 6.92 Å². The zero-order valence-electron chi connectivity index (χ0n) is 16.5. The molecule has 4 atom stereocenters. The van der Waals surface area contributed by atoms with Crippen LogP contribution in [0.4, 0.5) is 8.78 Å². The van der Waals surface area contributed by atoms with E-state index in [2.05, 4.69) is 10.6 Å². The van der Waals surface area contributed by atoms with Crippen molar-refractivity contribution in [3.8, 4) is 0 Å². The van der Waals surface area contributed by atoms with E-state index < -0.39 is 35.7 Å². The number of aliphatic hydroxyl groups excluding tert-OH is 2. The molecule has 1 aromatic carbocycles. The summed E-state index contributed by atoms with van der Waals surface area (Å²) in [6.07, 6.45) is -0.115. The number of nitrogens with one attached hydrogen (secondary N) is 2. The van der Waals surface area contributed by atoms with Crippen molar-refractivity contribution in [1.82, 2.24) is 10.6 Å². The van der Waals surface area contributed by atoms with Crippen LogP contribution in [0.5, 0.6) is 0 Å². The Bertz CT molecular complexity index is 637. The number of aliphatic hydroxyl groups is 2. The Kier molecular flexibility index (Phi) is 10.0. The summed E-state index contributed by atoms with van der Waals surface area (Å²) in [7, 11) is 0. The van der Waals surface area contributed by atoms with Crippen LogP contribution >= 0.6 is 0 Å². The average molecular weight is 400 g/mol. The molecule has 0 aliphatic rings. The molecule has 8 heteroatoms. The van der Waals surface area contributed by atoms with Gasteiger partial charge >= 0.3 is 0 Å². The van der Waals surface area contributed by atoms with E-state index in [0.717, 1.165) is 18.2 Å². The van der Waals surface area contributed by atoms with Crippen molar-refractivity contribution in [1.29, 1.82) is 0 Å². The number of carbonyl (C=O) groups excluding carboxylic acids is 2. The summed E-state index contributed by atoms with van der Waals surface area (Å²) in [5.74, 6) is -2.28. The number of rotatable bonds is 11. The zero-order chi connectivity index (χ0) is 21.3. The lowest BCUT2D eigenvalue weighted by atomic mass is 9.94. The second kappa shape index (κ2) is 11.7. The summed E-state index contributed by atoms with van der Waals surface area (Å²) in [5.41, 5.74) is 0.289. The molecule has 0 saturated heterocycles. The third-order valence-corrected chi connectivity index (χ3v) is 4.64. The number of hydrogen-bond donors (Lipinski definition) is 4. The van der Waals surface area contributed by atoms with E-state index >= 15 is 0 Å². The van der Waals surface area contributed by atoms with Crippen LogP contribution in [0.3, 0.4) is 0 Å². The zero-order valence-corrected chi connectivity index (χ0v) is 16.5. The molecule has 1 rings (SSSR count). The minimum Gasteiger partial charge on any atom is -0.396 e. The van der Waals surface area contributed by atoms with Gasteiger partial charge in [0.2, 0.25) is 11.8 Å². The molecular weight excluding hydrogens is 370 g/mol. The third kappa shape index (κ3) is 8.31. The van der Waals surface area contributed by atoms with E-state index in [-0.39, 0.29) is 43.3 Å². The van der Waals surface area contributed by atoms with Crippen LogP contribution in [0.1, 0.15) is 45.6 Å². The van der Waals surface area contributed by atoms with Crippen molar-refractivity contribution >= 4 is 11.8 Å². The SMILES string of the molecule is CCC(C)C(=O)NC(CCO)C[C@H](O)[C@H](Cc1cc(F)cc(F)c1)NC(C)=O. The van der Waals surface area contributed by atoms with Gasteiger partial charge in [-0.15, -0.1) is 0 Å². The Morgan fingerprint density at radius 1 is 1.14 bits per heavy atom. The first-order valence-corrected chi connectivity index (χ1v) is 9.47. The summed E-state index contributed by atoms with van der Waals surface area (Å²) in [6.45, 7) is 4.76. The molecule has 0 fully saturated rings. The van der Waals surface area contributed by atoms with E-state index in [4.69, 9.17) is 0 Å². The first-order chi connectivity index (χ1) is 13.2. The molecule has 2 unspecified atom stereocenters. The maximum absolute atomic E-state index is 13.4.